The molecule has 0 atom stereocenters. The predicted octanol–water partition coefficient (Wildman–Crippen LogP) is 1.29. The highest BCUT2D eigenvalue weighted by atomic mass is 16.0. The molecule has 4 heteroatoms. The van der Waals surface area contributed by atoms with E-state index in [4.69, 9.17) is 0 Å². The summed E-state index contributed by atoms with van der Waals surface area (Å²) in [6.45, 7) is 0. The number of benzene rings is 4. The first-order valence-electron chi connectivity index (χ1n) is 5.56. The van der Waals surface area contributed by atoms with Crippen LogP contribution < -0.4 is 0 Å². The molecule has 0 spiro atoms. The highest BCUT2D eigenvalue weighted by molar-refractivity contribution is 6.22. The van der Waals surface area contributed by atoms with E-state index in [9.17, 15) is 0 Å². The van der Waals surface area contributed by atoms with Crippen LogP contribution in [0.5, 0.6) is 0 Å². The molecule has 0 aliphatic rings. The summed E-state index contributed by atoms with van der Waals surface area (Å²) in [6, 6.07) is 21.9. The summed E-state index contributed by atoms with van der Waals surface area (Å²) in [5, 5.41) is 8.14. The molecular formula is C16H18O4. The van der Waals surface area contributed by atoms with Crippen molar-refractivity contribution in [1.29, 1.82) is 0 Å². The molecule has 0 fully saturated rings. The van der Waals surface area contributed by atoms with Crippen molar-refractivity contribution in [1.82, 2.24) is 0 Å². The first-order chi connectivity index (χ1) is 7.93. The second kappa shape index (κ2) is 6.27. The summed E-state index contributed by atoms with van der Waals surface area (Å²) in [6.07, 6.45) is 0. The molecule has 20 heavy (non-hydrogen) atoms. The van der Waals surface area contributed by atoms with Crippen LogP contribution in [0.1, 0.15) is 0 Å². The highest BCUT2D eigenvalue weighted by Crippen LogP contribution is 2.33. The van der Waals surface area contributed by atoms with Gasteiger partial charge in [-0.2, -0.15) is 0 Å². The Kier molecular flexibility index (Phi) is 5.57. The van der Waals surface area contributed by atoms with Gasteiger partial charge in [-0.25, -0.2) is 0 Å². The van der Waals surface area contributed by atoms with E-state index in [-0.39, 0.29) is 21.9 Å². The molecule has 0 aliphatic heterocycles. The van der Waals surface area contributed by atoms with Crippen molar-refractivity contribution < 1.29 is 21.9 Å². The Morgan fingerprint density at radius 1 is 0.350 bits per heavy atom. The predicted molar refractivity (Wildman–Crippen MR) is 84.6 cm³/mol. The quantitative estimate of drug-likeness (QED) is 0.428. The standard InChI is InChI=1S/C16H10.4H2O/c1-3-11-7-9-13-5-2-6-14-10-8-12(4-1)15(11)16(13)14;;;;/h1-10H;4*1H2. The minimum absolute atomic E-state index is 0. The van der Waals surface area contributed by atoms with Crippen LogP contribution in [0.15, 0.2) is 60.7 Å². The molecule has 0 saturated carbocycles. The number of rotatable bonds is 0. The highest BCUT2D eigenvalue weighted by Gasteiger charge is 2.05. The number of hydrogen-bond donors (Lipinski definition) is 0. The first-order valence-corrected chi connectivity index (χ1v) is 5.56. The van der Waals surface area contributed by atoms with Crippen LogP contribution in [0.4, 0.5) is 0 Å². The zero-order chi connectivity index (χ0) is 10.5. The van der Waals surface area contributed by atoms with Crippen LogP contribution in [0.25, 0.3) is 32.3 Å². The van der Waals surface area contributed by atoms with Gasteiger partial charge in [-0.1, -0.05) is 60.7 Å². The Balaban J connectivity index is 0.000000902. The Hall–Kier alpha value is -2.24. The smallest absolute Gasteiger partial charge is 0.00268 e. The lowest BCUT2D eigenvalue weighted by Gasteiger charge is -2.09. The molecule has 4 aromatic carbocycles. The molecule has 4 nitrogen and oxygen atoms in total. The third-order valence-electron chi connectivity index (χ3n) is 3.39. The van der Waals surface area contributed by atoms with Crippen LogP contribution in [0, 0.1) is 0 Å². The van der Waals surface area contributed by atoms with E-state index in [0.29, 0.717) is 0 Å². The molecule has 0 saturated heterocycles. The summed E-state index contributed by atoms with van der Waals surface area (Å²) in [7, 11) is 0. The Labute approximate surface area is 115 Å². The van der Waals surface area contributed by atoms with Gasteiger partial charge in [0.1, 0.15) is 0 Å². The lowest BCUT2D eigenvalue weighted by molar-refractivity contribution is 0.823. The van der Waals surface area contributed by atoms with Gasteiger partial charge in [0.25, 0.3) is 0 Å². The molecule has 0 aliphatic carbocycles. The molecule has 0 heterocycles. The topological polar surface area (TPSA) is 126 Å². The summed E-state index contributed by atoms with van der Waals surface area (Å²) in [5.74, 6) is 0. The van der Waals surface area contributed by atoms with E-state index in [1.54, 1.807) is 0 Å². The Morgan fingerprint density at radius 2 is 0.600 bits per heavy atom. The van der Waals surface area contributed by atoms with E-state index < -0.39 is 0 Å². The summed E-state index contributed by atoms with van der Waals surface area (Å²) in [4.78, 5) is 0. The van der Waals surface area contributed by atoms with Crippen molar-refractivity contribution in [3.63, 3.8) is 0 Å². The summed E-state index contributed by atoms with van der Waals surface area (Å²) >= 11 is 0. The van der Waals surface area contributed by atoms with Crippen LogP contribution in [0.3, 0.4) is 0 Å². The minimum Gasteiger partial charge on any atom is -0.412 e. The molecule has 0 bridgehead atoms. The Morgan fingerprint density at radius 3 is 0.850 bits per heavy atom. The molecule has 8 N–H and O–H groups in total. The van der Waals surface area contributed by atoms with Gasteiger partial charge in [-0.15, -0.1) is 0 Å². The van der Waals surface area contributed by atoms with E-state index in [2.05, 4.69) is 60.7 Å². The van der Waals surface area contributed by atoms with Crippen LogP contribution in [-0.2, 0) is 0 Å². The van der Waals surface area contributed by atoms with Gasteiger partial charge < -0.3 is 21.9 Å². The lowest BCUT2D eigenvalue weighted by atomic mass is 9.95. The molecule has 0 aromatic heterocycles. The fourth-order valence-corrected chi connectivity index (χ4v) is 2.67. The van der Waals surface area contributed by atoms with Crippen molar-refractivity contribution in [3.8, 4) is 0 Å². The fourth-order valence-electron chi connectivity index (χ4n) is 2.67. The van der Waals surface area contributed by atoms with Gasteiger partial charge in [0.2, 0.25) is 0 Å². The minimum atomic E-state index is 0. The van der Waals surface area contributed by atoms with Gasteiger partial charge in [-0.05, 0) is 32.3 Å². The maximum absolute atomic E-state index is 2.21. The summed E-state index contributed by atoms with van der Waals surface area (Å²) in [5.41, 5.74) is 0. The van der Waals surface area contributed by atoms with E-state index in [0.717, 1.165) is 0 Å². The summed E-state index contributed by atoms with van der Waals surface area (Å²) < 4.78 is 0. The maximum Gasteiger partial charge on any atom is -0.00268 e. The van der Waals surface area contributed by atoms with Gasteiger partial charge in [-0.3, -0.25) is 0 Å². The van der Waals surface area contributed by atoms with E-state index in [1.165, 1.54) is 32.3 Å². The monoisotopic (exact) mass is 274 g/mol. The van der Waals surface area contributed by atoms with Crippen molar-refractivity contribution in [2.24, 2.45) is 0 Å². The van der Waals surface area contributed by atoms with Crippen LogP contribution in [-0.4, -0.2) is 21.9 Å². The molecule has 4 rings (SSSR count). The average Bonchev–Trinajstić information content (AvgIpc) is 2.36. The van der Waals surface area contributed by atoms with Gasteiger partial charge >= 0.3 is 0 Å². The fraction of sp³-hybridized carbons (Fsp3) is 0. The molecule has 4 aromatic rings. The van der Waals surface area contributed by atoms with Crippen LogP contribution >= 0.6 is 0 Å². The van der Waals surface area contributed by atoms with Gasteiger partial charge in [0.15, 0.2) is 0 Å². The van der Waals surface area contributed by atoms with Crippen molar-refractivity contribution in [2.75, 3.05) is 0 Å². The second-order valence-corrected chi connectivity index (χ2v) is 4.29. The van der Waals surface area contributed by atoms with Crippen molar-refractivity contribution >= 4 is 32.3 Å². The van der Waals surface area contributed by atoms with Gasteiger partial charge in [0.05, 0.1) is 0 Å². The first kappa shape index (κ1) is 17.8. The zero-order valence-electron chi connectivity index (χ0n) is 10.8. The van der Waals surface area contributed by atoms with E-state index in [1.807, 2.05) is 0 Å². The molecular weight excluding hydrogens is 256 g/mol. The second-order valence-electron chi connectivity index (χ2n) is 4.29. The zero-order valence-corrected chi connectivity index (χ0v) is 10.8. The average molecular weight is 274 g/mol. The normalized spacial score (nSPS) is 9.40. The maximum atomic E-state index is 2.21. The van der Waals surface area contributed by atoms with E-state index >= 15 is 0 Å². The van der Waals surface area contributed by atoms with Crippen molar-refractivity contribution in [3.05, 3.63) is 60.7 Å². The molecule has 0 amide bonds. The molecule has 106 valence electrons. The Bertz CT molecular complexity index is 681. The molecule has 0 unspecified atom stereocenters. The third kappa shape index (κ3) is 2.17. The van der Waals surface area contributed by atoms with Gasteiger partial charge in [0, 0.05) is 0 Å². The SMILES string of the molecule is O.O.O.O.c1cc2ccc3cccc4ccc(c1)c2c34. The lowest BCUT2D eigenvalue weighted by Crippen LogP contribution is -1.82. The molecule has 0 radical (unpaired) electrons. The number of hydrogen-bond acceptors (Lipinski definition) is 0. The third-order valence-corrected chi connectivity index (χ3v) is 3.39. The van der Waals surface area contributed by atoms with Crippen LogP contribution in [0.2, 0.25) is 0 Å². The van der Waals surface area contributed by atoms with Crippen molar-refractivity contribution in [2.45, 2.75) is 0 Å². The largest absolute Gasteiger partial charge is 0.412 e.